The molecule has 0 atom stereocenters. The maximum atomic E-state index is 14.0. The van der Waals surface area contributed by atoms with Crippen LogP contribution < -0.4 is 11.0 Å². The van der Waals surface area contributed by atoms with Crippen LogP contribution >= 0.6 is 11.6 Å². The minimum atomic E-state index is -0.141. The molecule has 1 aliphatic rings. The topological polar surface area (TPSA) is 105 Å². The number of ether oxygens (including phenoxy) is 2. The van der Waals surface area contributed by atoms with Crippen molar-refractivity contribution in [3.8, 4) is 5.69 Å². The highest BCUT2D eigenvalue weighted by molar-refractivity contribution is 6.30. The van der Waals surface area contributed by atoms with Gasteiger partial charge in [-0.1, -0.05) is 23.7 Å². The van der Waals surface area contributed by atoms with Gasteiger partial charge in [-0.2, -0.15) is 5.10 Å². The Morgan fingerprint density at radius 3 is 2.57 bits per heavy atom. The second kappa shape index (κ2) is 12.9. The normalized spacial score (nSPS) is 17.0. The van der Waals surface area contributed by atoms with Crippen LogP contribution in [0.1, 0.15) is 47.4 Å². The van der Waals surface area contributed by atoms with Crippen molar-refractivity contribution in [3.63, 3.8) is 0 Å². The van der Waals surface area contributed by atoms with Crippen molar-refractivity contribution < 1.29 is 14.3 Å². The molecule has 0 saturated heterocycles. The number of carbonyl (C=O) groups excluding carboxylic acids is 1. The van der Waals surface area contributed by atoms with E-state index in [0.29, 0.717) is 41.9 Å². The summed E-state index contributed by atoms with van der Waals surface area (Å²) in [4.78, 5) is 31.1. The van der Waals surface area contributed by atoms with Crippen LogP contribution in [0.5, 0.6) is 0 Å². The molecule has 0 unspecified atom stereocenters. The first-order valence-electron chi connectivity index (χ1n) is 15.0. The monoisotopic (exact) mass is 616 g/mol. The molecule has 2 aromatic carbocycles. The fourth-order valence-corrected chi connectivity index (χ4v) is 6.47. The second-order valence-electron chi connectivity index (χ2n) is 11.5. The number of nitrogens with zero attached hydrogens (tertiary/aromatic N) is 5. The summed E-state index contributed by atoms with van der Waals surface area (Å²) < 4.78 is 16.1. The van der Waals surface area contributed by atoms with Crippen molar-refractivity contribution in [1.29, 1.82) is 0 Å². The van der Waals surface area contributed by atoms with E-state index in [-0.39, 0.29) is 24.4 Å². The van der Waals surface area contributed by atoms with E-state index >= 15 is 0 Å². The van der Waals surface area contributed by atoms with Gasteiger partial charge in [0.1, 0.15) is 6.79 Å². The highest BCUT2D eigenvalue weighted by atomic mass is 35.5. The summed E-state index contributed by atoms with van der Waals surface area (Å²) in [6.07, 6.45) is 5.10. The summed E-state index contributed by atoms with van der Waals surface area (Å²) in [5.74, 6) is 0.190. The number of aromatic nitrogens is 5. The quantitative estimate of drug-likeness (QED) is 0.166. The number of benzene rings is 2. The molecule has 3 aromatic heterocycles. The molecule has 1 N–H and O–H groups in total. The van der Waals surface area contributed by atoms with E-state index in [0.717, 1.165) is 59.0 Å². The number of amides is 1. The first kappa shape index (κ1) is 30.1. The largest absolute Gasteiger partial charge is 0.359 e. The molecule has 1 saturated carbocycles. The molecule has 3 heterocycles. The predicted octanol–water partition coefficient (Wildman–Crippen LogP) is 5.42. The van der Waals surface area contributed by atoms with Gasteiger partial charge in [-0.25, -0.2) is 4.79 Å². The van der Waals surface area contributed by atoms with Crippen molar-refractivity contribution in [2.45, 2.75) is 58.7 Å². The van der Waals surface area contributed by atoms with Gasteiger partial charge in [-0.15, -0.1) is 0 Å². The Hall–Kier alpha value is -3.99. The van der Waals surface area contributed by atoms with E-state index in [2.05, 4.69) is 10.3 Å². The Morgan fingerprint density at radius 2 is 1.80 bits per heavy atom. The Balaban J connectivity index is 1.19. The number of hydrogen-bond acceptors (Lipinski definition) is 6. The van der Waals surface area contributed by atoms with Gasteiger partial charge in [0.05, 0.1) is 57.4 Å². The van der Waals surface area contributed by atoms with Gasteiger partial charge in [0.2, 0.25) is 0 Å². The third kappa shape index (κ3) is 6.02. The Bertz CT molecular complexity index is 1870. The maximum absolute atomic E-state index is 14.0. The van der Waals surface area contributed by atoms with Gasteiger partial charge in [-0.3, -0.25) is 23.6 Å². The molecule has 11 heteroatoms. The summed E-state index contributed by atoms with van der Waals surface area (Å²) in [6.45, 7) is 5.77. The van der Waals surface area contributed by atoms with Crippen molar-refractivity contribution in [3.05, 3.63) is 87.2 Å². The van der Waals surface area contributed by atoms with Gasteiger partial charge in [0.25, 0.3) is 5.91 Å². The zero-order valence-electron chi connectivity index (χ0n) is 25.3. The van der Waals surface area contributed by atoms with Crippen molar-refractivity contribution >= 4 is 39.4 Å². The van der Waals surface area contributed by atoms with Crippen LogP contribution in [-0.4, -0.2) is 56.4 Å². The molecule has 0 radical (unpaired) electrons. The average molecular weight is 617 g/mol. The molecule has 1 amide bonds. The number of aryl methyl sites for hydroxylation is 2. The highest BCUT2D eigenvalue weighted by Gasteiger charge is 2.26. The van der Waals surface area contributed by atoms with Crippen LogP contribution in [0.4, 0.5) is 0 Å². The molecular formula is C33H37ClN6O4. The van der Waals surface area contributed by atoms with Gasteiger partial charge in [-0.05, 0) is 81.8 Å². The van der Waals surface area contributed by atoms with Crippen LogP contribution in [0.3, 0.4) is 0 Å². The molecule has 230 valence electrons. The van der Waals surface area contributed by atoms with Crippen molar-refractivity contribution in [2.24, 2.45) is 5.92 Å². The standard InChI is InChI=1S/C33H37ClN6O4/c1-21-28(16-24(34)18-35-21)32(41)36-25-10-8-23(9-11-25)19-38-30-6-4-5-7-31(30)40(33(38)42)26-12-13-29-27(17-26)22(2)37-39(29)14-15-44-20-43-3/h4-7,12-13,16-18,23,25H,8-11,14-15,19-20H2,1-3H3,(H,36,41)/t23-,25-. The van der Waals surface area contributed by atoms with Crippen LogP contribution in [0.25, 0.3) is 27.6 Å². The first-order chi connectivity index (χ1) is 21.3. The zero-order valence-corrected chi connectivity index (χ0v) is 26.0. The third-order valence-corrected chi connectivity index (χ3v) is 8.79. The number of hydrogen-bond donors (Lipinski definition) is 1. The predicted molar refractivity (Wildman–Crippen MR) is 171 cm³/mol. The number of halogens is 1. The molecule has 0 aliphatic heterocycles. The summed E-state index contributed by atoms with van der Waals surface area (Å²) in [7, 11) is 1.60. The molecule has 6 rings (SSSR count). The Morgan fingerprint density at radius 1 is 1.02 bits per heavy atom. The zero-order chi connectivity index (χ0) is 30.8. The number of fused-ring (bicyclic) bond motifs is 2. The molecule has 1 aliphatic carbocycles. The fraction of sp³-hybridized carbons (Fsp3) is 0.394. The lowest BCUT2D eigenvalue weighted by molar-refractivity contribution is -0.0333. The van der Waals surface area contributed by atoms with Crippen LogP contribution in [0, 0.1) is 19.8 Å². The molecular weight excluding hydrogens is 580 g/mol. The minimum Gasteiger partial charge on any atom is -0.359 e. The van der Waals surface area contributed by atoms with E-state index in [1.807, 2.05) is 65.6 Å². The van der Waals surface area contributed by atoms with E-state index in [1.54, 1.807) is 23.9 Å². The Labute approximate surface area is 260 Å². The molecule has 0 spiro atoms. The molecule has 0 bridgehead atoms. The molecule has 10 nitrogen and oxygen atoms in total. The number of methoxy groups -OCH3 is 1. The van der Waals surface area contributed by atoms with Crippen LogP contribution in [0.2, 0.25) is 5.02 Å². The van der Waals surface area contributed by atoms with Crippen molar-refractivity contribution in [1.82, 2.24) is 29.2 Å². The summed E-state index contributed by atoms with van der Waals surface area (Å²) >= 11 is 6.07. The SMILES string of the molecule is COCOCCn1nc(C)c2cc(-n3c(=O)n(C[C@H]4CC[C@H](NC(=O)c5cc(Cl)cnc5C)CC4)c4ccccc43)ccc21. The first-order valence-corrected chi connectivity index (χ1v) is 15.4. The minimum absolute atomic E-state index is 0.0529. The highest BCUT2D eigenvalue weighted by Crippen LogP contribution is 2.29. The summed E-state index contributed by atoms with van der Waals surface area (Å²) in [5, 5.41) is 9.32. The van der Waals surface area contributed by atoms with E-state index in [9.17, 15) is 9.59 Å². The van der Waals surface area contributed by atoms with Gasteiger partial charge in [0, 0.05) is 31.3 Å². The number of rotatable bonds is 10. The third-order valence-electron chi connectivity index (χ3n) is 8.58. The number of nitrogens with one attached hydrogen (secondary N) is 1. The van der Waals surface area contributed by atoms with Gasteiger partial charge in [0.15, 0.2) is 0 Å². The molecule has 44 heavy (non-hydrogen) atoms. The number of pyridine rings is 1. The van der Waals surface area contributed by atoms with Gasteiger partial charge < -0.3 is 14.8 Å². The van der Waals surface area contributed by atoms with E-state index in [4.69, 9.17) is 26.2 Å². The lowest BCUT2D eigenvalue weighted by Gasteiger charge is -2.29. The fourth-order valence-electron chi connectivity index (χ4n) is 6.31. The Kier molecular flexibility index (Phi) is 8.83. The van der Waals surface area contributed by atoms with E-state index in [1.165, 1.54) is 0 Å². The van der Waals surface area contributed by atoms with Gasteiger partial charge >= 0.3 is 5.69 Å². The van der Waals surface area contributed by atoms with Crippen molar-refractivity contribution in [2.75, 3.05) is 20.5 Å². The number of para-hydroxylation sites is 2. The lowest BCUT2D eigenvalue weighted by atomic mass is 9.85. The second-order valence-corrected chi connectivity index (χ2v) is 12.0. The van der Waals surface area contributed by atoms with Crippen LogP contribution in [0.15, 0.2) is 59.5 Å². The number of carbonyl (C=O) groups is 1. The number of imidazole rings is 1. The van der Waals surface area contributed by atoms with E-state index < -0.39 is 0 Å². The average Bonchev–Trinajstić information content (AvgIpc) is 3.49. The van der Waals surface area contributed by atoms with Crippen LogP contribution in [-0.2, 0) is 22.6 Å². The molecule has 5 aromatic rings. The maximum Gasteiger partial charge on any atom is 0.333 e. The smallest absolute Gasteiger partial charge is 0.333 e. The molecule has 1 fully saturated rings. The summed E-state index contributed by atoms with van der Waals surface area (Å²) in [5.41, 5.74) is 5.62. The summed E-state index contributed by atoms with van der Waals surface area (Å²) in [6, 6.07) is 15.8. The lowest BCUT2D eigenvalue weighted by Crippen LogP contribution is -2.39.